The first-order valence-electron chi connectivity index (χ1n) is 6.32. The van der Waals surface area contributed by atoms with Crippen molar-refractivity contribution in [3.8, 4) is 0 Å². The highest BCUT2D eigenvalue weighted by molar-refractivity contribution is 7.98. The fraction of sp³-hybridized carbons (Fsp3) is 0.615. The Hall–Kier alpha value is -0.980. The molecular formula is C13H23N3O2S. The van der Waals surface area contributed by atoms with E-state index in [0.717, 1.165) is 23.5 Å². The summed E-state index contributed by atoms with van der Waals surface area (Å²) in [6.45, 7) is 4.71. The van der Waals surface area contributed by atoms with Crippen LogP contribution in [0.1, 0.15) is 35.2 Å². The lowest BCUT2D eigenvalue weighted by molar-refractivity contribution is 0.0921. The molecular weight excluding hydrogens is 262 g/mol. The van der Waals surface area contributed by atoms with E-state index in [4.69, 9.17) is 10.3 Å². The van der Waals surface area contributed by atoms with E-state index in [9.17, 15) is 4.79 Å². The topological polar surface area (TPSA) is 71.5 Å². The minimum atomic E-state index is -0.387. The third-order valence-electron chi connectivity index (χ3n) is 3.17. The summed E-state index contributed by atoms with van der Waals surface area (Å²) in [4.78, 5) is 13.7. The number of nitrogens with two attached hydrogens (primary N) is 1. The van der Waals surface area contributed by atoms with Crippen LogP contribution in [-0.2, 0) is 6.54 Å². The molecule has 0 aromatic carbocycles. The van der Waals surface area contributed by atoms with Gasteiger partial charge in [0.25, 0.3) is 0 Å². The van der Waals surface area contributed by atoms with Gasteiger partial charge in [-0.3, -0.25) is 15.1 Å². The van der Waals surface area contributed by atoms with Gasteiger partial charge in [0.2, 0.25) is 0 Å². The van der Waals surface area contributed by atoms with Crippen molar-refractivity contribution in [2.75, 3.05) is 19.1 Å². The lowest BCUT2D eigenvalue weighted by atomic mass is 10.2. The summed E-state index contributed by atoms with van der Waals surface area (Å²) < 4.78 is 5.57. The molecule has 0 saturated heterocycles. The third-order valence-corrected chi connectivity index (χ3v) is 3.88. The molecule has 1 aromatic rings. The minimum Gasteiger partial charge on any atom is -0.454 e. The average molecular weight is 285 g/mol. The van der Waals surface area contributed by atoms with Crippen molar-refractivity contribution in [2.24, 2.45) is 5.84 Å². The summed E-state index contributed by atoms with van der Waals surface area (Å²) in [6.07, 6.45) is 3.20. The Balaban J connectivity index is 2.74. The summed E-state index contributed by atoms with van der Waals surface area (Å²) in [5.41, 5.74) is 2.90. The Morgan fingerprint density at radius 3 is 2.84 bits per heavy atom. The molecule has 1 atom stereocenters. The summed E-state index contributed by atoms with van der Waals surface area (Å²) in [5.74, 6) is 6.90. The Kier molecular flexibility index (Phi) is 6.41. The maximum atomic E-state index is 11.5. The van der Waals surface area contributed by atoms with E-state index in [-0.39, 0.29) is 5.91 Å². The van der Waals surface area contributed by atoms with Crippen molar-refractivity contribution in [1.29, 1.82) is 0 Å². The summed E-state index contributed by atoms with van der Waals surface area (Å²) in [6, 6.07) is 2.40. The number of hydrogen-bond acceptors (Lipinski definition) is 5. The molecule has 6 heteroatoms. The van der Waals surface area contributed by atoms with Crippen LogP contribution in [0.15, 0.2) is 10.5 Å². The van der Waals surface area contributed by atoms with Gasteiger partial charge in [-0.2, -0.15) is 11.8 Å². The minimum absolute atomic E-state index is 0.295. The number of nitrogen functional groups attached to an aromatic ring is 1. The van der Waals surface area contributed by atoms with Gasteiger partial charge in [-0.05, 0) is 32.7 Å². The van der Waals surface area contributed by atoms with E-state index in [1.54, 1.807) is 0 Å². The predicted octanol–water partition coefficient (Wildman–Crippen LogP) is 1.76. The van der Waals surface area contributed by atoms with Crippen LogP contribution in [0.2, 0.25) is 0 Å². The molecule has 0 spiro atoms. The van der Waals surface area contributed by atoms with E-state index in [1.165, 1.54) is 0 Å². The molecule has 0 saturated carbocycles. The number of amides is 1. The first-order chi connectivity index (χ1) is 9.03. The highest BCUT2D eigenvalue weighted by Gasteiger charge is 2.18. The van der Waals surface area contributed by atoms with Gasteiger partial charge in [-0.15, -0.1) is 0 Å². The lowest BCUT2D eigenvalue weighted by Gasteiger charge is -2.25. The number of nitrogens with zero attached hydrogens (tertiary/aromatic N) is 1. The van der Waals surface area contributed by atoms with E-state index in [0.29, 0.717) is 18.3 Å². The summed E-state index contributed by atoms with van der Waals surface area (Å²) >= 11 is 1.84. The van der Waals surface area contributed by atoms with Crippen molar-refractivity contribution in [3.05, 3.63) is 23.2 Å². The van der Waals surface area contributed by atoms with Crippen molar-refractivity contribution in [2.45, 2.75) is 32.9 Å². The molecule has 1 aromatic heterocycles. The van der Waals surface area contributed by atoms with Crippen molar-refractivity contribution in [3.63, 3.8) is 0 Å². The van der Waals surface area contributed by atoms with Gasteiger partial charge in [0.1, 0.15) is 5.76 Å². The molecule has 3 N–H and O–H groups in total. The van der Waals surface area contributed by atoms with Crippen LogP contribution in [0.3, 0.4) is 0 Å². The number of aryl methyl sites for hydroxylation is 1. The maximum absolute atomic E-state index is 11.5. The van der Waals surface area contributed by atoms with Crippen LogP contribution in [0, 0.1) is 6.92 Å². The second kappa shape index (κ2) is 7.57. The van der Waals surface area contributed by atoms with Crippen LogP contribution in [-0.4, -0.2) is 35.9 Å². The van der Waals surface area contributed by atoms with Gasteiger partial charge < -0.3 is 4.42 Å². The Morgan fingerprint density at radius 2 is 2.32 bits per heavy atom. The number of nitrogens with one attached hydrogen (secondary N) is 1. The van der Waals surface area contributed by atoms with Crippen LogP contribution < -0.4 is 11.3 Å². The summed E-state index contributed by atoms with van der Waals surface area (Å²) in [7, 11) is 2.07. The van der Waals surface area contributed by atoms with Gasteiger partial charge in [-0.25, -0.2) is 5.84 Å². The van der Waals surface area contributed by atoms with Crippen LogP contribution in [0.5, 0.6) is 0 Å². The molecule has 0 aliphatic heterocycles. The van der Waals surface area contributed by atoms with E-state index >= 15 is 0 Å². The first kappa shape index (κ1) is 16.1. The molecule has 19 heavy (non-hydrogen) atoms. The fourth-order valence-corrected chi connectivity index (χ4v) is 2.92. The third kappa shape index (κ3) is 4.26. The monoisotopic (exact) mass is 285 g/mol. The standard InChI is InChI=1S/C13H23N3O2S/c1-5-10(8-19-4)16(3)7-11-6-9(2)12(18-11)13(17)15-14/h6,10H,5,7-8,14H2,1-4H3,(H,15,17). The molecule has 1 unspecified atom stereocenters. The number of thioether (sulfide) groups is 1. The molecule has 1 amide bonds. The van der Waals surface area contributed by atoms with E-state index < -0.39 is 0 Å². The molecule has 108 valence electrons. The zero-order valence-electron chi connectivity index (χ0n) is 12.0. The zero-order valence-corrected chi connectivity index (χ0v) is 12.8. The highest BCUT2D eigenvalue weighted by atomic mass is 32.2. The second-order valence-corrected chi connectivity index (χ2v) is 5.54. The first-order valence-corrected chi connectivity index (χ1v) is 7.72. The molecule has 0 bridgehead atoms. The van der Waals surface area contributed by atoms with Gasteiger partial charge in [-0.1, -0.05) is 6.92 Å². The molecule has 0 aliphatic carbocycles. The number of carbonyl (C=O) groups is 1. The van der Waals surface area contributed by atoms with Crippen LogP contribution in [0.4, 0.5) is 0 Å². The number of furan rings is 1. The Labute approximate surface area is 118 Å². The maximum Gasteiger partial charge on any atom is 0.301 e. The van der Waals surface area contributed by atoms with Gasteiger partial charge in [0, 0.05) is 17.4 Å². The largest absolute Gasteiger partial charge is 0.454 e. The highest BCUT2D eigenvalue weighted by Crippen LogP contribution is 2.18. The molecule has 0 fully saturated rings. The molecule has 0 radical (unpaired) electrons. The molecule has 0 aliphatic rings. The predicted molar refractivity (Wildman–Crippen MR) is 79.0 cm³/mol. The number of rotatable bonds is 7. The fourth-order valence-electron chi connectivity index (χ4n) is 2.04. The van der Waals surface area contributed by atoms with Crippen molar-refractivity contribution < 1.29 is 9.21 Å². The number of hydrazine groups is 1. The second-order valence-electron chi connectivity index (χ2n) is 4.63. The van der Waals surface area contributed by atoms with Crippen molar-refractivity contribution in [1.82, 2.24) is 10.3 Å². The lowest BCUT2D eigenvalue weighted by Crippen LogP contribution is -2.32. The SMILES string of the molecule is CCC(CSC)N(C)Cc1cc(C)c(C(=O)NN)o1. The van der Waals surface area contributed by atoms with Gasteiger partial charge >= 0.3 is 5.91 Å². The average Bonchev–Trinajstić information content (AvgIpc) is 2.75. The quantitative estimate of drug-likeness (QED) is 0.454. The number of carbonyl (C=O) groups excluding carboxylic acids is 1. The smallest absolute Gasteiger partial charge is 0.301 e. The van der Waals surface area contributed by atoms with E-state index in [2.05, 4.69) is 30.6 Å². The number of hydrogen-bond donors (Lipinski definition) is 2. The molecule has 5 nitrogen and oxygen atoms in total. The van der Waals surface area contributed by atoms with Crippen LogP contribution in [0.25, 0.3) is 0 Å². The van der Waals surface area contributed by atoms with Crippen molar-refractivity contribution >= 4 is 17.7 Å². The van der Waals surface area contributed by atoms with Crippen LogP contribution >= 0.6 is 11.8 Å². The Bertz CT molecular complexity index is 420. The summed E-state index contributed by atoms with van der Waals surface area (Å²) in [5, 5.41) is 0. The molecule has 1 heterocycles. The van der Waals surface area contributed by atoms with Gasteiger partial charge in [0.15, 0.2) is 5.76 Å². The Morgan fingerprint density at radius 1 is 1.63 bits per heavy atom. The normalized spacial score (nSPS) is 12.7. The molecule has 1 rings (SSSR count). The zero-order chi connectivity index (χ0) is 14.4. The van der Waals surface area contributed by atoms with Gasteiger partial charge in [0.05, 0.1) is 6.54 Å². The van der Waals surface area contributed by atoms with E-state index in [1.807, 2.05) is 24.8 Å².